The van der Waals surface area contributed by atoms with Crippen LogP contribution in [0.5, 0.6) is 0 Å². The molecule has 0 fully saturated rings. The van der Waals surface area contributed by atoms with Crippen molar-refractivity contribution in [3.8, 4) is 0 Å². The van der Waals surface area contributed by atoms with E-state index in [9.17, 15) is 4.79 Å². The number of anilines is 1. The number of carbonyl (C=O) groups is 1. The van der Waals surface area contributed by atoms with E-state index in [1.807, 2.05) is 74.2 Å². The van der Waals surface area contributed by atoms with Crippen LogP contribution < -0.4 is 5.32 Å². The summed E-state index contributed by atoms with van der Waals surface area (Å²) in [6, 6.07) is 17.5. The fraction of sp³-hybridized carbons (Fsp3) is 0.273. The lowest BCUT2D eigenvalue weighted by Crippen LogP contribution is -2.37. The van der Waals surface area contributed by atoms with E-state index in [-0.39, 0.29) is 11.9 Å². The van der Waals surface area contributed by atoms with Crippen molar-refractivity contribution in [2.45, 2.75) is 39.9 Å². The maximum Gasteiger partial charge on any atom is 0.273 e. The number of rotatable bonds is 7. The van der Waals surface area contributed by atoms with Crippen LogP contribution >= 0.6 is 0 Å². The van der Waals surface area contributed by atoms with Gasteiger partial charge in [-0.05, 0) is 44.5 Å². The number of aryl methyl sites for hydroxylation is 1. The van der Waals surface area contributed by atoms with E-state index in [1.54, 1.807) is 12.3 Å². The van der Waals surface area contributed by atoms with Crippen LogP contribution in [0.4, 0.5) is 5.95 Å². The number of aromatic nitrogens is 3. The number of pyridine rings is 1. The molecular weight excluding hydrogens is 350 g/mol. The van der Waals surface area contributed by atoms with Crippen molar-refractivity contribution in [1.82, 2.24) is 19.9 Å². The van der Waals surface area contributed by atoms with Crippen LogP contribution in [-0.2, 0) is 13.1 Å². The first-order valence-corrected chi connectivity index (χ1v) is 9.37. The van der Waals surface area contributed by atoms with Crippen molar-refractivity contribution in [2.24, 2.45) is 0 Å². The van der Waals surface area contributed by atoms with Gasteiger partial charge >= 0.3 is 0 Å². The molecule has 0 atom stereocenters. The lowest BCUT2D eigenvalue weighted by molar-refractivity contribution is 0.0684. The van der Waals surface area contributed by atoms with Crippen molar-refractivity contribution in [3.63, 3.8) is 0 Å². The Balaban J connectivity index is 1.78. The molecule has 0 aliphatic carbocycles. The molecule has 144 valence electrons. The van der Waals surface area contributed by atoms with Gasteiger partial charge in [-0.1, -0.05) is 36.4 Å². The average molecular weight is 375 g/mol. The Morgan fingerprint density at radius 1 is 1.07 bits per heavy atom. The first-order chi connectivity index (χ1) is 13.5. The third kappa shape index (κ3) is 5.13. The maximum atomic E-state index is 13.2. The van der Waals surface area contributed by atoms with E-state index in [2.05, 4.69) is 20.3 Å². The van der Waals surface area contributed by atoms with Gasteiger partial charge in [0.05, 0.1) is 12.2 Å². The number of hydrogen-bond donors (Lipinski definition) is 1. The van der Waals surface area contributed by atoms with Gasteiger partial charge in [0.25, 0.3) is 5.91 Å². The first kappa shape index (κ1) is 19.5. The van der Waals surface area contributed by atoms with Crippen LogP contribution in [0.1, 0.15) is 41.3 Å². The standard InChI is InChI=1S/C22H25N5O/c1-16(2)27(15-18-9-5-4-6-10-18)21(28)20-13-17(3)25-22(26-20)24-14-19-11-7-8-12-23-19/h4-13,16H,14-15H2,1-3H3,(H,24,25,26). The van der Waals surface area contributed by atoms with Gasteiger partial charge in [0.15, 0.2) is 0 Å². The van der Waals surface area contributed by atoms with Gasteiger partial charge in [0.2, 0.25) is 5.95 Å². The van der Waals surface area contributed by atoms with E-state index < -0.39 is 0 Å². The highest BCUT2D eigenvalue weighted by Gasteiger charge is 2.21. The highest BCUT2D eigenvalue weighted by Crippen LogP contribution is 2.14. The molecule has 0 unspecified atom stereocenters. The van der Waals surface area contributed by atoms with Gasteiger partial charge in [0.1, 0.15) is 5.69 Å². The smallest absolute Gasteiger partial charge is 0.273 e. The predicted molar refractivity (Wildman–Crippen MR) is 110 cm³/mol. The molecular formula is C22H25N5O. The van der Waals surface area contributed by atoms with Crippen molar-refractivity contribution in [3.05, 3.63) is 83.4 Å². The maximum absolute atomic E-state index is 13.2. The summed E-state index contributed by atoms with van der Waals surface area (Å²) in [7, 11) is 0. The molecule has 0 bridgehead atoms. The molecule has 0 saturated heterocycles. The highest BCUT2D eigenvalue weighted by atomic mass is 16.2. The molecule has 0 aliphatic rings. The second-order valence-corrected chi connectivity index (χ2v) is 6.91. The Hall–Kier alpha value is -3.28. The molecule has 1 aromatic carbocycles. The van der Waals surface area contributed by atoms with E-state index in [0.717, 1.165) is 17.0 Å². The fourth-order valence-corrected chi connectivity index (χ4v) is 2.85. The average Bonchev–Trinajstić information content (AvgIpc) is 2.71. The normalized spacial score (nSPS) is 10.7. The summed E-state index contributed by atoms with van der Waals surface area (Å²) in [5.74, 6) is 0.322. The van der Waals surface area contributed by atoms with Crippen LogP contribution in [0.3, 0.4) is 0 Å². The molecule has 1 N–H and O–H groups in total. The van der Waals surface area contributed by atoms with Crippen molar-refractivity contribution in [2.75, 3.05) is 5.32 Å². The molecule has 3 rings (SSSR count). The zero-order chi connectivity index (χ0) is 19.9. The summed E-state index contributed by atoms with van der Waals surface area (Å²) >= 11 is 0. The lowest BCUT2D eigenvalue weighted by Gasteiger charge is -2.26. The van der Waals surface area contributed by atoms with Gasteiger partial charge in [-0.15, -0.1) is 0 Å². The summed E-state index contributed by atoms with van der Waals surface area (Å²) < 4.78 is 0. The lowest BCUT2D eigenvalue weighted by atomic mass is 10.1. The SMILES string of the molecule is Cc1cc(C(=O)N(Cc2ccccc2)C(C)C)nc(NCc2ccccn2)n1. The Morgan fingerprint density at radius 2 is 1.82 bits per heavy atom. The minimum atomic E-state index is -0.106. The third-order valence-electron chi connectivity index (χ3n) is 4.31. The van der Waals surface area contributed by atoms with Crippen LogP contribution in [0, 0.1) is 6.92 Å². The van der Waals surface area contributed by atoms with Gasteiger partial charge in [0, 0.05) is 24.5 Å². The molecule has 28 heavy (non-hydrogen) atoms. The molecule has 1 amide bonds. The third-order valence-corrected chi connectivity index (χ3v) is 4.31. The second kappa shape index (κ2) is 9.08. The summed E-state index contributed by atoms with van der Waals surface area (Å²) in [5, 5.41) is 3.16. The van der Waals surface area contributed by atoms with Crippen LogP contribution in [0.15, 0.2) is 60.8 Å². The molecule has 6 heteroatoms. The first-order valence-electron chi connectivity index (χ1n) is 9.37. The van der Waals surface area contributed by atoms with E-state index in [1.165, 1.54) is 0 Å². The van der Waals surface area contributed by atoms with Crippen molar-refractivity contribution >= 4 is 11.9 Å². The Bertz CT molecular complexity index is 913. The number of carbonyl (C=O) groups excluding carboxylic acids is 1. The van der Waals surface area contributed by atoms with E-state index in [0.29, 0.717) is 24.7 Å². The number of nitrogens with one attached hydrogen (secondary N) is 1. The van der Waals surface area contributed by atoms with Crippen LogP contribution in [0.25, 0.3) is 0 Å². The second-order valence-electron chi connectivity index (χ2n) is 6.91. The summed E-state index contributed by atoms with van der Waals surface area (Å²) in [5.41, 5.74) is 3.10. The highest BCUT2D eigenvalue weighted by molar-refractivity contribution is 5.92. The minimum absolute atomic E-state index is 0.0490. The topological polar surface area (TPSA) is 71.0 Å². The van der Waals surface area contributed by atoms with Crippen molar-refractivity contribution in [1.29, 1.82) is 0 Å². The zero-order valence-electron chi connectivity index (χ0n) is 16.5. The van der Waals surface area contributed by atoms with Crippen LogP contribution in [0.2, 0.25) is 0 Å². The Morgan fingerprint density at radius 3 is 2.50 bits per heavy atom. The van der Waals surface area contributed by atoms with E-state index >= 15 is 0 Å². The summed E-state index contributed by atoms with van der Waals surface area (Å²) in [4.78, 5) is 28.1. The Labute approximate surface area is 165 Å². The van der Waals surface area contributed by atoms with Crippen LogP contribution in [-0.4, -0.2) is 31.8 Å². The van der Waals surface area contributed by atoms with Gasteiger partial charge in [-0.3, -0.25) is 9.78 Å². The van der Waals surface area contributed by atoms with Gasteiger partial charge in [-0.25, -0.2) is 9.97 Å². The molecule has 2 heterocycles. The number of hydrogen-bond acceptors (Lipinski definition) is 5. The van der Waals surface area contributed by atoms with Crippen molar-refractivity contribution < 1.29 is 4.79 Å². The summed E-state index contributed by atoms with van der Waals surface area (Å²) in [6.45, 7) is 6.92. The number of nitrogens with zero attached hydrogens (tertiary/aromatic N) is 4. The molecule has 6 nitrogen and oxygen atoms in total. The largest absolute Gasteiger partial charge is 0.349 e. The molecule has 0 spiro atoms. The van der Waals surface area contributed by atoms with Gasteiger partial charge < -0.3 is 10.2 Å². The predicted octanol–water partition coefficient (Wildman–Crippen LogP) is 3.84. The quantitative estimate of drug-likeness (QED) is 0.679. The van der Waals surface area contributed by atoms with Gasteiger partial charge in [-0.2, -0.15) is 0 Å². The monoisotopic (exact) mass is 375 g/mol. The molecule has 0 radical (unpaired) electrons. The molecule has 2 aromatic heterocycles. The van der Waals surface area contributed by atoms with E-state index in [4.69, 9.17) is 0 Å². The zero-order valence-corrected chi connectivity index (χ0v) is 16.5. The fourth-order valence-electron chi connectivity index (χ4n) is 2.85. The summed E-state index contributed by atoms with van der Waals surface area (Å²) in [6.07, 6.45) is 1.74. The molecule has 0 aliphatic heterocycles. The minimum Gasteiger partial charge on any atom is -0.349 e. The molecule has 0 saturated carbocycles. The number of benzene rings is 1. The number of amides is 1. The Kier molecular flexibility index (Phi) is 6.32. The molecule has 3 aromatic rings.